The summed E-state index contributed by atoms with van der Waals surface area (Å²) < 4.78 is 0. The minimum Gasteiger partial charge on any atom is -0.388 e. The van der Waals surface area contributed by atoms with E-state index >= 15 is 0 Å². The molecule has 0 amide bonds. The second kappa shape index (κ2) is 5.35. The highest BCUT2D eigenvalue weighted by Gasteiger charge is 2.03. The molecule has 0 radical (unpaired) electrons. The van der Waals surface area contributed by atoms with Crippen LogP contribution in [0.25, 0.3) is 5.57 Å². The number of aryl methyl sites for hydroxylation is 1. The highest BCUT2D eigenvalue weighted by Crippen LogP contribution is 2.24. The van der Waals surface area contributed by atoms with E-state index in [0.717, 1.165) is 17.7 Å². The van der Waals surface area contributed by atoms with Gasteiger partial charge in [0.15, 0.2) is 0 Å². The van der Waals surface area contributed by atoms with Crippen molar-refractivity contribution in [3.63, 3.8) is 0 Å². The Morgan fingerprint density at radius 1 is 1.53 bits per heavy atom. The van der Waals surface area contributed by atoms with Gasteiger partial charge in [-0.05, 0) is 37.3 Å². The maximum Gasteiger partial charge on any atom is 0.0417 e. The quantitative estimate of drug-likeness (QED) is 0.744. The lowest BCUT2D eigenvalue weighted by molar-refractivity contribution is 1.14. The predicted molar refractivity (Wildman–Crippen MR) is 68.6 cm³/mol. The second-order valence-corrected chi connectivity index (χ2v) is 3.48. The van der Waals surface area contributed by atoms with Crippen LogP contribution in [-0.2, 0) is 6.42 Å². The third-order valence-corrected chi connectivity index (χ3v) is 2.47. The SMILES string of the molecule is C=N/C=C(\C)c1ccc(CC)cc1NC. The third-order valence-electron chi connectivity index (χ3n) is 2.47. The van der Waals surface area contributed by atoms with E-state index in [0.29, 0.717) is 0 Å². The van der Waals surface area contributed by atoms with Gasteiger partial charge in [-0.2, -0.15) is 0 Å². The Morgan fingerprint density at radius 3 is 2.80 bits per heavy atom. The number of anilines is 1. The molecule has 0 spiro atoms. The zero-order valence-corrected chi connectivity index (χ0v) is 9.67. The standard InChI is InChI=1S/C13H18N2/c1-5-11-6-7-12(10(2)9-14-3)13(8-11)15-4/h6-9,15H,3,5H2,1-2,4H3/b10-9+. The number of allylic oxidation sites excluding steroid dienone is 1. The van der Waals surface area contributed by atoms with E-state index in [9.17, 15) is 0 Å². The van der Waals surface area contributed by atoms with Gasteiger partial charge in [0.1, 0.15) is 0 Å². The number of nitrogens with one attached hydrogen (secondary N) is 1. The molecule has 2 nitrogen and oxygen atoms in total. The fourth-order valence-corrected chi connectivity index (χ4v) is 1.57. The van der Waals surface area contributed by atoms with Gasteiger partial charge in [0.2, 0.25) is 0 Å². The minimum absolute atomic E-state index is 1.05. The van der Waals surface area contributed by atoms with Gasteiger partial charge in [0, 0.05) is 24.5 Å². The van der Waals surface area contributed by atoms with E-state index in [-0.39, 0.29) is 0 Å². The number of benzene rings is 1. The van der Waals surface area contributed by atoms with Crippen LogP contribution in [0, 0.1) is 0 Å². The van der Waals surface area contributed by atoms with Crippen molar-refractivity contribution in [1.82, 2.24) is 0 Å². The molecular formula is C13H18N2. The topological polar surface area (TPSA) is 24.4 Å². The molecule has 1 aromatic carbocycles. The number of hydrogen-bond donors (Lipinski definition) is 1. The summed E-state index contributed by atoms with van der Waals surface area (Å²) in [6, 6.07) is 6.45. The van der Waals surface area contributed by atoms with Crippen LogP contribution in [-0.4, -0.2) is 13.8 Å². The molecule has 80 valence electrons. The lowest BCUT2D eigenvalue weighted by atomic mass is 10.0. The molecule has 0 aliphatic rings. The van der Waals surface area contributed by atoms with Gasteiger partial charge in [0.25, 0.3) is 0 Å². The molecular weight excluding hydrogens is 184 g/mol. The molecule has 0 unspecified atom stereocenters. The molecule has 0 fully saturated rings. The summed E-state index contributed by atoms with van der Waals surface area (Å²) in [6.45, 7) is 7.66. The maximum atomic E-state index is 3.79. The third kappa shape index (κ3) is 2.69. The molecule has 0 aliphatic heterocycles. The molecule has 2 heteroatoms. The summed E-state index contributed by atoms with van der Waals surface area (Å²) in [5, 5.41) is 3.21. The summed E-state index contributed by atoms with van der Waals surface area (Å²) >= 11 is 0. The first-order chi connectivity index (χ1) is 7.22. The Morgan fingerprint density at radius 2 is 2.27 bits per heavy atom. The van der Waals surface area contributed by atoms with E-state index in [2.05, 4.69) is 42.1 Å². The average Bonchev–Trinajstić information content (AvgIpc) is 2.28. The first kappa shape index (κ1) is 11.5. The van der Waals surface area contributed by atoms with Crippen molar-refractivity contribution in [2.45, 2.75) is 20.3 Å². The summed E-state index contributed by atoms with van der Waals surface area (Å²) in [4.78, 5) is 3.79. The molecule has 0 aliphatic carbocycles. The fourth-order valence-electron chi connectivity index (χ4n) is 1.57. The zero-order chi connectivity index (χ0) is 11.3. The minimum atomic E-state index is 1.05. The Kier molecular flexibility index (Phi) is 4.10. The Balaban J connectivity index is 3.18. The molecule has 0 heterocycles. The van der Waals surface area contributed by atoms with Gasteiger partial charge in [0.05, 0.1) is 0 Å². The molecule has 0 saturated carbocycles. The molecule has 1 rings (SSSR count). The van der Waals surface area contributed by atoms with E-state index < -0.39 is 0 Å². The first-order valence-electron chi connectivity index (χ1n) is 5.16. The molecule has 0 saturated heterocycles. The summed E-state index contributed by atoms with van der Waals surface area (Å²) in [5.41, 5.74) is 4.79. The molecule has 1 N–H and O–H groups in total. The second-order valence-electron chi connectivity index (χ2n) is 3.48. The van der Waals surface area contributed by atoms with Gasteiger partial charge >= 0.3 is 0 Å². The van der Waals surface area contributed by atoms with Crippen molar-refractivity contribution < 1.29 is 0 Å². The smallest absolute Gasteiger partial charge is 0.0417 e. The van der Waals surface area contributed by atoms with Crippen LogP contribution < -0.4 is 5.32 Å². The monoisotopic (exact) mass is 202 g/mol. The van der Waals surface area contributed by atoms with Crippen LogP contribution in [0.3, 0.4) is 0 Å². The first-order valence-corrected chi connectivity index (χ1v) is 5.16. The van der Waals surface area contributed by atoms with Crippen LogP contribution in [0.2, 0.25) is 0 Å². The summed E-state index contributed by atoms with van der Waals surface area (Å²) in [6.07, 6.45) is 2.83. The van der Waals surface area contributed by atoms with Gasteiger partial charge in [-0.15, -0.1) is 0 Å². The number of nitrogens with zero attached hydrogens (tertiary/aromatic N) is 1. The molecule has 0 atom stereocenters. The zero-order valence-electron chi connectivity index (χ0n) is 9.67. The van der Waals surface area contributed by atoms with Crippen LogP contribution in [0.15, 0.2) is 29.4 Å². The van der Waals surface area contributed by atoms with E-state index in [4.69, 9.17) is 0 Å². The van der Waals surface area contributed by atoms with Crippen molar-refractivity contribution in [2.24, 2.45) is 4.99 Å². The van der Waals surface area contributed by atoms with Crippen molar-refractivity contribution in [3.05, 3.63) is 35.5 Å². The highest BCUT2D eigenvalue weighted by atomic mass is 14.8. The Hall–Kier alpha value is -1.57. The fraction of sp³-hybridized carbons (Fsp3) is 0.308. The highest BCUT2D eigenvalue weighted by molar-refractivity contribution is 5.75. The van der Waals surface area contributed by atoms with Crippen LogP contribution >= 0.6 is 0 Å². The molecule has 0 aromatic heterocycles. The summed E-state index contributed by atoms with van der Waals surface area (Å²) in [5.74, 6) is 0. The van der Waals surface area contributed by atoms with Crippen LogP contribution in [0.1, 0.15) is 25.0 Å². The molecule has 0 bridgehead atoms. The normalized spacial score (nSPS) is 11.3. The molecule has 1 aromatic rings. The Labute approximate surface area is 91.7 Å². The largest absolute Gasteiger partial charge is 0.388 e. The average molecular weight is 202 g/mol. The van der Waals surface area contributed by atoms with Gasteiger partial charge in [-0.1, -0.05) is 19.1 Å². The van der Waals surface area contributed by atoms with Crippen molar-refractivity contribution in [2.75, 3.05) is 12.4 Å². The van der Waals surface area contributed by atoms with Crippen molar-refractivity contribution in [3.8, 4) is 0 Å². The van der Waals surface area contributed by atoms with E-state index in [1.165, 1.54) is 11.1 Å². The van der Waals surface area contributed by atoms with E-state index in [1.54, 1.807) is 6.20 Å². The summed E-state index contributed by atoms with van der Waals surface area (Å²) in [7, 11) is 1.94. The van der Waals surface area contributed by atoms with Gasteiger partial charge in [-0.3, -0.25) is 4.99 Å². The van der Waals surface area contributed by atoms with Crippen molar-refractivity contribution in [1.29, 1.82) is 0 Å². The number of rotatable bonds is 4. The Bertz CT molecular complexity index is 378. The number of aliphatic imine (C=N–C) groups is 1. The van der Waals surface area contributed by atoms with Crippen LogP contribution in [0.4, 0.5) is 5.69 Å². The van der Waals surface area contributed by atoms with E-state index in [1.807, 2.05) is 14.0 Å². The van der Waals surface area contributed by atoms with Gasteiger partial charge in [-0.25, -0.2) is 0 Å². The predicted octanol–water partition coefficient (Wildman–Crippen LogP) is 3.35. The molecule has 15 heavy (non-hydrogen) atoms. The number of hydrogen-bond acceptors (Lipinski definition) is 2. The lowest BCUT2D eigenvalue weighted by Crippen LogP contribution is -1.95. The van der Waals surface area contributed by atoms with Crippen LogP contribution in [0.5, 0.6) is 0 Å². The lowest BCUT2D eigenvalue weighted by Gasteiger charge is -2.10. The van der Waals surface area contributed by atoms with Crippen molar-refractivity contribution >= 4 is 18.0 Å². The maximum absolute atomic E-state index is 3.79. The van der Waals surface area contributed by atoms with Gasteiger partial charge < -0.3 is 5.32 Å².